The number of rotatable bonds is 8. The molecule has 1 saturated heterocycles. The van der Waals surface area contributed by atoms with Gasteiger partial charge in [-0.1, -0.05) is 12.1 Å². The maximum atomic E-state index is 12.1. The molecule has 2 rings (SSSR count). The van der Waals surface area contributed by atoms with E-state index in [1.165, 1.54) is 18.6 Å². The van der Waals surface area contributed by atoms with Gasteiger partial charge in [0.05, 0.1) is 7.11 Å². The Morgan fingerprint density at radius 3 is 2.65 bits per heavy atom. The zero-order valence-corrected chi connectivity index (χ0v) is 16.7. The van der Waals surface area contributed by atoms with Crippen molar-refractivity contribution < 1.29 is 9.53 Å². The molecule has 1 heterocycles. The molecular weight excluding hydrogens is 348 g/mol. The average molecular weight is 379 g/mol. The minimum Gasteiger partial charge on any atom is -0.497 e. The highest BCUT2D eigenvalue weighted by Crippen LogP contribution is 2.36. The second-order valence-corrected chi connectivity index (χ2v) is 8.26. The van der Waals surface area contributed by atoms with Crippen molar-refractivity contribution in [2.75, 3.05) is 32.5 Å². The molecule has 0 radical (unpaired) electrons. The van der Waals surface area contributed by atoms with Crippen LogP contribution in [-0.2, 0) is 11.3 Å². The Kier molecular flexibility index (Phi) is 8.09. The third-order valence-corrected chi connectivity index (χ3v) is 5.84. The van der Waals surface area contributed by atoms with Crippen LogP contribution in [0.4, 0.5) is 0 Å². The molecule has 0 aliphatic carbocycles. The van der Waals surface area contributed by atoms with Crippen LogP contribution < -0.4 is 20.7 Å². The van der Waals surface area contributed by atoms with Crippen molar-refractivity contribution in [1.82, 2.24) is 16.0 Å². The summed E-state index contributed by atoms with van der Waals surface area (Å²) < 4.78 is 5.39. The molecule has 0 spiro atoms. The summed E-state index contributed by atoms with van der Waals surface area (Å²) >= 11 is 2.00. The second kappa shape index (κ2) is 10.3. The fourth-order valence-electron chi connectivity index (χ4n) is 2.74. The van der Waals surface area contributed by atoms with Crippen LogP contribution in [0.1, 0.15) is 32.3 Å². The van der Waals surface area contributed by atoms with E-state index in [0.717, 1.165) is 24.4 Å². The SMILES string of the molecule is CCNC(=NCC(=O)NCc1ccc(OC)cc1)NCC1(C)CCCS1. The molecule has 1 aromatic carbocycles. The molecule has 1 unspecified atom stereocenters. The molecule has 0 aromatic heterocycles. The third kappa shape index (κ3) is 6.78. The highest BCUT2D eigenvalue weighted by atomic mass is 32.2. The van der Waals surface area contributed by atoms with E-state index in [-0.39, 0.29) is 17.2 Å². The topological polar surface area (TPSA) is 74.8 Å². The van der Waals surface area contributed by atoms with Crippen LogP contribution >= 0.6 is 11.8 Å². The van der Waals surface area contributed by atoms with Crippen LogP contribution in [0.2, 0.25) is 0 Å². The van der Waals surface area contributed by atoms with Gasteiger partial charge in [-0.15, -0.1) is 0 Å². The maximum Gasteiger partial charge on any atom is 0.242 e. The molecule has 1 aromatic rings. The molecule has 6 nitrogen and oxygen atoms in total. The molecule has 26 heavy (non-hydrogen) atoms. The molecule has 1 aliphatic rings. The van der Waals surface area contributed by atoms with Gasteiger partial charge in [0.2, 0.25) is 5.91 Å². The van der Waals surface area contributed by atoms with Gasteiger partial charge in [0.15, 0.2) is 5.96 Å². The fourth-order valence-corrected chi connectivity index (χ4v) is 3.98. The summed E-state index contributed by atoms with van der Waals surface area (Å²) in [6, 6.07) is 7.64. The summed E-state index contributed by atoms with van der Waals surface area (Å²) in [7, 11) is 1.64. The number of aliphatic imine (C=N–C) groups is 1. The van der Waals surface area contributed by atoms with E-state index in [9.17, 15) is 4.79 Å². The van der Waals surface area contributed by atoms with Gasteiger partial charge in [0, 0.05) is 24.4 Å². The molecule has 144 valence electrons. The largest absolute Gasteiger partial charge is 0.497 e. The van der Waals surface area contributed by atoms with Gasteiger partial charge in [-0.25, -0.2) is 4.99 Å². The quantitative estimate of drug-likeness (QED) is 0.477. The number of benzene rings is 1. The number of hydrogen-bond donors (Lipinski definition) is 3. The molecule has 0 bridgehead atoms. The van der Waals surface area contributed by atoms with Crippen molar-refractivity contribution in [3.8, 4) is 5.75 Å². The van der Waals surface area contributed by atoms with E-state index in [1.54, 1.807) is 7.11 Å². The normalized spacial score (nSPS) is 19.9. The molecule has 7 heteroatoms. The van der Waals surface area contributed by atoms with E-state index in [0.29, 0.717) is 12.5 Å². The van der Waals surface area contributed by atoms with Crippen molar-refractivity contribution >= 4 is 23.6 Å². The van der Waals surface area contributed by atoms with Crippen LogP contribution in [-0.4, -0.2) is 49.1 Å². The van der Waals surface area contributed by atoms with Crippen molar-refractivity contribution in [3.05, 3.63) is 29.8 Å². The smallest absolute Gasteiger partial charge is 0.242 e. The van der Waals surface area contributed by atoms with Gasteiger partial charge in [-0.2, -0.15) is 11.8 Å². The van der Waals surface area contributed by atoms with Crippen LogP contribution in [0.15, 0.2) is 29.3 Å². The summed E-state index contributed by atoms with van der Waals surface area (Å²) in [4.78, 5) is 16.5. The monoisotopic (exact) mass is 378 g/mol. The van der Waals surface area contributed by atoms with Crippen molar-refractivity contribution in [2.45, 2.75) is 38.0 Å². The van der Waals surface area contributed by atoms with Crippen molar-refractivity contribution in [2.24, 2.45) is 4.99 Å². The first kappa shape index (κ1) is 20.4. The number of ether oxygens (including phenoxy) is 1. The molecule has 1 aliphatic heterocycles. The molecule has 0 saturated carbocycles. The van der Waals surface area contributed by atoms with Crippen LogP contribution in [0, 0.1) is 0 Å². The first-order chi connectivity index (χ1) is 12.5. The minimum atomic E-state index is -0.0977. The Hall–Kier alpha value is -1.89. The van der Waals surface area contributed by atoms with Gasteiger partial charge >= 0.3 is 0 Å². The number of amides is 1. The predicted molar refractivity (Wildman–Crippen MR) is 109 cm³/mol. The van der Waals surface area contributed by atoms with Crippen LogP contribution in [0.25, 0.3) is 0 Å². The summed E-state index contributed by atoms with van der Waals surface area (Å²) in [5.41, 5.74) is 1.03. The number of guanidine groups is 1. The Bertz CT molecular complexity index is 598. The Labute approximate surface area is 160 Å². The van der Waals surface area contributed by atoms with Gasteiger partial charge in [0.1, 0.15) is 12.3 Å². The Morgan fingerprint density at radius 1 is 1.27 bits per heavy atom. The lowest BCUT2D eigenvalue weighted by Crippen LogP contribution is -2.44. The van der Waals surface area contributed by atoms with Gasteiger partial charge in [-0.05, 0) is 50.1 Å². The summed E-state index contributed by atoms with van der Waals surface area (Å²) in [6.07, 6.45) is 2.48. The van der Waals surface area contributed by atoms with Crippen molar-refractivity contribution in [3.63, 3.8) is 0 Å². The Morgan fingerprint density at radius 2 is 2.04 bits per heavy atom. The number of methoxy groups -OCH3 is 1. The van der Waals surface area contributed by atoms with Gasteiger partial charge in [0.25, 0.3) is 0 Å². The predicted octanol–water partition coefficient (Wildman–Crippen LogP) is 2.15. The molecular formula is C19H30N4O2S. The highest BCUT2D eigenvalue weighted by molar-refractivity contribution is 8.00. The van der Waals surface area contributed by atoms with Crippen molar-refractivity contribution in [1.29, 1.82) is 0 Å². The lowest BCUT2D eigenvalue weighted by Gasteiger charge is -2.24. The van der Waals surface area contributed by atoms with Crippen LogP contribution in [0.3, 0.4) is 0 Å². The number of thioether (sulfide) groups is 1. The highest BCUT2D eigenvalue weighted by Gasteiger charge is 2.29. The van der Waals surface area contributed by atoms with E-state index >= 15 is 0 Å². The number of carbonyl (C=O) groups is 1. The molecule has 3 N–H and O–H groups in total. The third-order valence-electron chi connectivity index (χ3n) is 4.30. The van der Waals surface area contributed by atoms with Crippen LogP contribution in [0.5, 0.6) is 5.75 Å². The van der Waals surface area contributed by atoms with E-state index in [1.807, 2.05) is 43.0 Å². The maximum absolute atomic E-state index is 12.1. The van der Waals surface area contributed by atoms with E-state index < -0.39 is 0 Å². The zero-order chi connectivity index (χ0) is 18.8. The first-order valence-corrected chi connectivity index (χ1v) is 10.1. The zero-order valence-electron chi connectivity index (χ0n) is 15.9. The summed E-state index contributed by atoms with van der Waals surface area (Å²) in [5.74, 6) is 2.63. The average Bonchev–Trinajstić information content (AvgIpc) is 3.09. The lowest BCUT2D eigenvalue weighted by molar-refractivity contribution is -0.119. The number of hydrogen-bond acceptors (Lipinski definition) is 4. The Balaban J connectivity index is 1.78. The van der Waals surface area contributed by atoms with Gasteiger partial charge < -0.3 is 20.7 Å². The fraction of sp³-hybridized carbons (Fsp3) is 0.579. The molecule has 1 atom stereocenters. The summed E-state index contributed by atoms with van der Waals surface area (Å²) in [6.45, 7) is 6.52. The van der Waals surface area contributed by atoms with E-state index in [4.69, 9.17) is 4.74 Å². The number of nitrogens with one attached hydrogen (secondary N) is 3. The lowest BCUT2D eigenvalue weighted by atomic mass is 10.1. The second-order valence-electron chi connectivity index (χ2n) is 6.58. The molecule has 1 amide bonds. The standard InChI is InChI=1S/C19H30N4O2S/c1-4-20-18(23-14-19(2)10-5-11-26-19)22-13-17(24)21-12-15-6-8-16(25-3)9-7-15/h6-9H,4-5,10-14H2,1-3H3,(H,21,24)(H2,20,22,23). The van der Waals surface area contributed by atoms with E-state index in [2.05, 4.69) is 27.9 Å². The van der Waals surface area contributed by atoms with Gasteiger partial charge in [-0.3, -0.25) is 4.79 Å². The minimum absolute atomic E-state index is 0.0977. The number of nitrogens with zero attached hydrogens (tertiary/aromatic N) is 1. The number of carbonyl (C=O) groups excluding carboxylic acids is 1. The summed E-state index contributed by atoms with van der Waals surface area (Å²) in [5, 5.41) is 9.46. The first-order valence-electron chi connectivity index (χ1n) is 9.10. The molecule has 1 fully saturated rings.